The smallest absolute Gasteiger partial charge is 0.340 e. The molecular weight excluding hydrogens is 969 g/mol. The Hall–Kier alpha value is -6.63. The van der Waals surface area contributed by atoms with E-state index < -0.39 is 47.9 Å². The Kier molecular flexibility index (Phi) is 15.2. The number of ether oxygens (including phenoxy) is 4. The van der Waals surface area contributed by atoms with E-state index >= 15 is 9.59 Å². The first-order valence-corrected chi connectivity index (χ1v) is 27.7. The Morgan fingerprint density at radius 1 is 0.805 bits per heavy atom. The molecule has 11 nitrogen and oxygen atoms in total. The van der Waals surface area contributed by atoms with E-state index in [1.54, 1.807) is 19.1 Å². The molecule has 11 heteroatoms. The van der Waals surface area contributed by atoms with Crippen molar-refractivity contribution < 1.29 is 48.3 Å². The number of rotatable bonds is 11. The molecule has 2 bridgehead atoms. The highest BCUT2D eigenvalue weighted by molar-refractivity contribution is 5.90. The summed E-state index contributed by atoms with van der Waals surface area (Å²) in [7, 11) is 1.51. The summed E-state index contributed by atoms with van der Waals surface area (Å²) in [5, 5.41) is 32.3. The maximum atomic E-state index is 15.5. The predicted molar refractivity (Wildman–Crippen MR) is 295 cm³/mol. The summed E-state index contributed by atoms with van der Waals surface area (Å²) in [4.78, 5) is 45.3. The van der Waals surface area contributed by atoms with Crippen LogP contribution in [0.4, 0.5) is 0 Å². The van der Waals surface area contributed by atoms with Gasteiger partial charge in [0.2, 0.25) is 0 Å². The quantitative estimate of drug-likeness (QED) is 0.0643. The van der Waals surface area contributed by atoms with Crippen LogP contribution in [0.5, 0.6) is 5.75 Å². The molecular formula is C66H70O11. The molecule has 3 aliphatic heterocycles. The predicted octanol–water partition coefficient (Wildman–Crippen LogP) is 11.5. The Bertz CT molecular complexity index is 3260. The molecule has 0 radical (unpaired) electrons. The van der Waals surface area contributed by atoms with Crippen molar-refractivity contribution in [2.75, 3.05) is 26.9 Å². The number of allylic oxidation sites excluding steroid dienone is 1. The van der Waals surface area contributed by atoms with E-state index in [1.165, 1.54) is 29.4 Å². The van der Waals surface area contributed by atoms with Gasteiger partial charge in [0.25, 0.3) is 0 Å². The normalized spacial score (nSPS) is 27.0. The molecule has 2 saturated carbocycles. The van der Waals surface area contributed by atoms with Gasteiger partial charge in [-0.1, -0.05) is 115 Å². The average Bonchev–Trinajstić information content (AvgIpc) is 3.91. The van der Waals surface area contributed by atoms with Crippen LogP contribution in [0.2, 0.25) is 0 Å². The third-order valence-corrected chi connectivity index (χ3v) is 18.1. The lowest BCUT2D eigenvalue weighted by Crippen LogP contribution is -2.58. The second-order valence-electron chi connectivity index (χ2n) is 22.6. The SMILES string of the molecule is COCC(CCO)c1c(CO)c2ccc3c(c2oc1=O)C1OC(=O)CC2CC(c4cccc(Cc5ccccc5)c4)CCC2c2ccc(cc2)CCC(=C(C)CO)C(=O)OC1C(C)(C1CC2C=Cc4ccccc4C2C1)O3. The second kappa shape index (κ2) is 22.4. The van der Waals surface area contributed by atoms with Crippen LogP contribution >= 0.6 is 0 Å². The molecule has 6 aromatic rings. The summed E-state index contributed by atoms with van der Waals surface area (Å²) < 4.78 is 33.2. The summed E-state index contributed by atoms with van der Waals surface area (Å²) in [6.45, 7) is 2.62. The van der Waals surface area contributed by atoms with Gasteiger partial charge in [0, 0.05) is 48.5 Å². The number of hydrogen-bond donors (Lipinski definition) is 3. The lowest BCUT2D eigenvalue weighted by Gasteiger charge is -2.48. The Balaban J connectivity index is 1.05. The largest absolute Gasteiger partial charge is 0.483 e. The zero-order valence-corrected chi connectivity index (χ0v) is 44.3. The van der Waals surface area contributed by atoms with Crippen molar-refractivity contribution in [1.29, 1.82) is 0 Å². The summed E-state index contributed by atoms with van der Waals surface area (Å²) in [6.07, 6.45) is 7.57. The van der Waals surface area contributed by atoms with Crippen molar-refractivity contribution in [2.45, 2.75) is 126 Å². The standard InChI is InChI=1S/C66H70O11/c1-39(36-68)51-24-18-40-16-19-44(20-17-40)52-25-23-46(45-14-9-12-42(31-45)30-41-10-5-4-6-11-41)32-49(52)34-58(70)74-62-60-57(27-26-54-56(37-69)59(65(72)75-61(54)60)48(28-29-67)38-73-3)77-66(2,63(62)76-64(51)71)50-33-47-22-21-43-13-7-8-15-53(43)55(47)35-50/h4-17,19-22,26-27,31,46-50,52,55,62-63,67-69H,18,23-25,28-30,32-38H2,1-3H3. The molecule has 12 rings (SSSR count). The number of hydrogen-bond acceptors (Lipinski definition) is 11. The maximum absolute atomic E-state index is 15.5. The molecule has 3 aliphatic carbocycles. The molecule has 77 heavy (non-hydrogen) atoms. The summed E-state index contributed by atoms with van der Waals surface area (Å²) in [5.41, 5.74) is 7.78. The lowest BCUT2D eigenvalue weighted by atomic mass is 9.68. The molecule has 5 aromatic carbocycles. The zero-order valence-electron chi connectivity index (χ0n) is 44.3. The number of fused-ring (bicyclic) bond motifs is 14. The Morgan fingerprint density at radius 3 is 2.38 bits per heavy atom. The molecule has 400 valence electrons. The van der Waals surface area contributed by atoms with E-state index in [0.29, 0.717) is 47.1 Å². The molecule has 10 unspecified atom stereocenters. The molecule has 1 aromatic heterocycles. The third kappa shape index (κ3) is 10.2. The zero-order chi connectivity index (χ0) is 53.4. The average molecular weight is 1040 g/mol. The summed E-state index contributed by atoms with van der Waals surface area (Å²) in [5.74, 6) is -1.28. The minimum absolute atomic E-state index is 0.0422. The highest BCUT2D eigenvalue weighted by atomic mass is 16.6. The van der Waals surface area contributed by atoms with Gasteiger partial charge in [0.15, 0.2) is 12.2 Å². The molecule has 3 N–H and O–H groups in total. The van der Waals surface area contributed by atoms with Gasteiger partial charge < -0.3 is 38.7 Å². The van der Waals surface area contributed by atoms with E-state index in [4.69, 9.17) is 23.4 Å². The van der Waals surface area contributed by atoms with E-state index in [0.717, 1.165) is 42.4 Å². The fraction of sp³-hybridized carbons (Fsp3) is 0.409. The number of carbonyl (C=O) groups excluding carboxylic acids is 2. The topological polar surface area (TPSA) is 162 Å². The van der Waals surface area contributed by atoms with E-state index in [2.05, 4.69) is 103 Å². The Labute approximate surface area is 450 Å². The third-order valence-electron chi connectivity index (χ3n) is 18.1. The first-order chi connectivity index (χ1) is 37.5. The fourth-order valence-electron chi connectivity index (χ4n) is 14.0. The summed E-state index contributed by atoms with van der Waals surface area (Å²) >= 11 is 0. The number of carbonyl (C=O) groups is 2. The molecule has 4 heterocycles. The van der Waals surface area contributed by atoms with Crippen molar-refractivity contribution in [3.05, 3.63) is 199 Å². The fourth-order valence-corrected chi connectivity index (χ4v) is 14.0. The second-order valence-corrected chi connectivity index (χ2v) is 22.6. The highest BCUT2D eigenvalue weighted by Gasteiger charge is 2.59. The number of aliphatic hydroxyl groups is 3. The number of aliphatic hydroxyl groups excluding tert-OH is 3. The molecule has 0 saturated heterocycles. The number of esters is 2. The van der Waals surface area contributed by atoms with Crippen molar-refractivity contribution in [2.24, 2.45) is 17.8 Å². The van der Waals surface area contributed by atoms with Crippen LogP contribution in [0.3, 0.4) is 0 Å². The molecule has 6 aliphatic rings. The molecule has 0 spiro atoms. The lowest BCUT2D eigenvalue weighted by molar-refractivity contribution is -0.199. The first kappa shape index (κ1) is 52.4. The van der Waals surface area contributed by atoms with Gasteiger partial charge in [-0.05, 0) is 163 Å². The monoisotopic (exact) mass is 1040 g/mol. The van der Waals surface area contributed by atoms with E-state index in [9.17, 15) is 20.1 Å². The van der Waals surface area contributed by atoms with Crippen molar-refractivity contribution in [3.8, 4) is 5.75 Å². The van der Waals surface area contributed by atoms with Gasteiger partial charge in [-0.3, -0.25) is 4.79 Å². The summed E-state index contributed by atoms with van der Waals surface area (Å²) in [6, 6.07) is 39.8. The van der Waals surface area contributed by atoms with Crippen molar-refractivity contribution in [3.63, 3.8) is 0 Å². The molecule has 0 amide bonds. The van der Waals surface area contributed by atoms with Gasteiger partial charge in [-0.15, -0.1) is 0 Å². The minimum Gasteiger partial charge on any atom is -0.483 e. The van der Waals surface area contributed by atoms with Crippen LogP contribution in [0.1, 0.15) is 151 Å². The van der Waals surface area contributed by atoms with Crippen molar-refractivity contribution >= 4 is 29.0 Å². The van der Waals surface area contributed by atoms with E-state index in [1.807, 2.05) is 19.1 Å². The van der Waals surface area contributed by atoms with Gasteiger partial charge in [-0.2, -0.15) is 0 Å². The van der Waals surface area contributed by atoms with Gasteiger partial charge in [0.05, 0.1) is 25.4 Å². The number of methoxy groups -OCH3 is 1. The molecule has 10 atom stereocenters. The minimum atomic E-state index is -1.35. The van der Waals surface area contributed by atoms with Crippen LogP contribution in [-0.2, 0) is 43.2 Å². The van der Waals surface area contributed by atoms with Gasteiger partial charge >= 0.3 is 17.6 Å². The van der Waals surface area contributed by atoms with Crippen LogP contribution in [0.15, 0.2) is 142 Å². The maximum Gasteiger partial charge on any atom is 0.340 e. The number of aryl methyl sites for hydroxylation is 1. The van der Waals surface area contributed by atoms with Crippen LogP contribution in [0, 0.1) is 17.8 Å². The van der Waals surface area contributed by atoms with Gasteiger partial charge in [-0.25, -0.2) is 9.59 Å². The van der Waals surface area contributed by atoms with Gasteiger partial charge in [0.1, 0.15) is 16.9 Å². The Morgan fingerprint density at radius 2 is 1.60 bits per heavy atom. The molecule has 2 fully saturated rings. The number of benzene rings is 5. The van der Waals surface area contributed by atoms with Crippen molar-refractivity contribution in [1.82, 2.24) is 0 Å². The first-order valence-electron chi connectivity index (χ1n) is 27.7. The van der Waals surface area contributed by atoms with Crippen LogP contribution < -0.4 is 10.4 Å². The van der Waals surface area contributed by atoms with E-state index in [-0.39, 0.29) is 91.3 Å². The highest BCUT2D eigenvalue weighted by Crippen LogP contribution is 2.58. The van der Waals surface area contributed by atoms with Crippen LogP contribution in [-0.4, -0.2) is 65.9 Å². The van der Waals surface area contributed by atoms with Crippen LogP contribution in [0.25, 0.3) is 17.0 Å².